The van der Waals surface area contributed by atoms with E-state index in [0.29, 0.717) is 0 Å². The quantitative estimate of drug-likeness (QED) is 0.780. The number of aryl methyl sites for hydroxylation is 1. The van der Waals surface area contributed by atoms with E-state index in [1.54, 1.807) is 0 Å². The molecule has 2 heteroatoms. The molecule has 2 rings (SSSR count). The van der Waals surface area contributed by atoms with Crippen molar-refractivity contribution in [1.82, 2.24) is 4.98 Å². The van der Waals surface area contributed by atoms with Crippen LogP contribution >= 0.6 is 0 Å². The van der Waals surface area contributed by atoms with E-state index in [1.807, 2.05) is 12.3 Å². The number of fused-ring (bicyclic) bond motifs is 1. The van der Waals surface area contributed by atoms with Crippen molar-refractivity contribution >= 4 is 16.6 Å². The lowest BCUT2D eigenvalue weighted by molar-refractivity contribution is 1.17. The first kappa shape index (κ1) is 9.00. The molecule has 0 atom stereocenters. The van der Waals surface area contributed by atoms with Crippen LogP contribution in [0.5, 0.6) is 0 Å². The molecule has 0 fully saturated rings. The Morgan fingerprint density at radius 2 is 2.14 bits per heavy atom. The summed E-state index contributed by atoms with van der Waals surface area (Å²) in [6.45, 7) is 5.08. The number of nitrogens with zero attached hydrogens (tertiary/aromatic N) is 1. The maximum absolute atomic E-state index is 4.33. The molecule has 0 unspecified atom stereocenters. The van der Waals surface area contributed by atoms with E-state index >= 15 is 0 Å². The fourth-order valence-electron chi connectivity index (χ4n) is 1.59. The van der Waals surface area contributed by atoms with Gasteiger partial charge >= 0.3 is 0 Å². The predicted molar refractivity (Wildman–Crippen MR) is 60.6 cm³/mol. The maximum Gasteiger partial charge on any atom is 0.133 e. The van der Waals surface area contributed by atoms with Crippen molar-refractivity contribution < 1.29 is 0 Å². The van der Waals surface area contributed by atoms with Gasteiger partial charge in [-0.3, -0.25) is 0 Å². The molecule has 72 valence electrons. The van der Waals surface area contributed by atoms with Crippen LogP contribution < -0.4 is 5.32 Å². The second-order valence-corrected chi connectivity index (χ2v) is 3.41. The van der Waals surface area contributed by atoms with E-state index in [9.17, 15) is 0 Å². The molecule has 1 aromatic heterocycles. The minimum absolute atomic E-state index is 0.903. The van der Waals surface area contributed by atoms with Gasteiger partial charge in [0.15, 0.2) is 0 Å². The number of nitrogens with one attached hydrogen (secondary N) is 1. The smallest absolute Gasteiger partial charge is 0.133 e. The standard InChI is InChI=1S/C12H14N2/c1-3-13-12-11-8-9(2)4-5-10(11)6-7-14-12/h4-8H,3H2,1-2H3,(H,13,14). The van der Waals surface area contributed by atoms with E-state index in [2.05, 4.69) is 42.3 Å². The van der Waals surface area contributed by atoms with Gasteiger partial charge in [0.05, 0.1) is 0 Å². The van der Waals surface area contributed by atoms with Crippen LogP contribution in [0.3, 0.4) is 0 Å². The van der Waals surface area contributed by atoms with E-state index in [4.69, 9.17) is 0 Å². The van der Waals surface area contributed by atoms with Crippen molar-refractivity contribution in [2.75, 3.05) is 11.9 Å². The van der Waals surface area contributed by atoms with Gasteiger partial charge in [0.25, 0.3) is 0 Å². The Bertz CT molecular complexity index is 449. The highest BCUT2D eigenvalue weighted by atomic mass is 15.0. The van der Waals surface area contributed by atoms with E-state index in [-0.39, 0.29) is 0 Å². The molecule has 0 aliphatic rings. The molecule has 1 heterocycles. The summed E-state index contributed by atoms with van der Waals surface area (Å²) < 4.78 is 0. The van der Waals surface area contributed by atoms with Crippen LogP contribution in [0.25, 0.3) is 10.8 Å². The monoisotopic (exact) mass is 186 g/mol. The van der Waals surface area contributed by atoms with Crippen molar-refractivity contribution in [1.29, 1.82) is 0 Å². The SMILES string of the molecule is CCNc1nccc2ccc(C)cc12. The van der Waals surface area contributed by atoms with Gasteiger partial charge in [-0.2, -0.15) is 0 Å². The highest BCUT2D eigenvalue weighted by molar-refractivity contribution is 5.92. The number of hydrogen-bond donors (Lipinski definition) is 1. The van der Waals surface area contributed by atoms with Gasteiger partial charge in [-0.15, -0.1) is 0 Å². The van der Waals surface area contributed by atoms with Crippen molar-refractivity contribution in [3.63, 3.8) is 0 Å². The number of benzene rings is 1. The minimum Gasteiger partial charge on any atom is -0.370 e. The highest BCUT2D eigenvalue weighted by Gasteiger charge is 2.00. The van der Waals surface area contributed by atoms with Gasteiger partial charge < -0.3 is 5.32 Å². The summed E-state index contributed by atoms with van der Waals surface area (Å²) in [6, 6.07) is 8.46. The van der Waals surface area contributed by atoms with E-state index < -0.39 is 0 Å². The van der Waals surface area contributed by atoms with Crippen LogP contribution in [0.1, 0.15) is 12.5 Å². The van der Waals surface area contributed by atoms with Crippen LogP contribution in [0.2, 0.25) is 0 Å². The summed E-state index contributed by atoms with van der Waals surface area (Å²) >= 11 is 0. The van der Waals surface area contributed by atoms with Crippen LogP contribution in [0.15, 0.2) is 30.5 Å². The third-order valence-electron chi connectivity index (χ3n) is 2.27. The molecule has 0 amide bonds. The van der Waals surface area contributed by atoms with Gasteiger partial charge in [0.1, 0.15) is 5.82 Å². The topological polar surface area (TPSA) is 24.9 Å². The van der Waals surface area contributed by atoms with Crippen LogP contribution in [-0.2, 0) is 0 Å². The third kappa shape index (κ3) is 1.55. The highest BCUT2D eigenvalue weighted by Crippen LogP contribution is 2.21. The number of aromatic nitrogens is 1. The molecule has 0 spiro atoms. The van der Waals surface area contributed by atoms with Crippen molar-refractivity contribution in [2.45, 2.75) is 13.8 Å². The molecular weight excluding hydrogens is 172 g/mol. The molecule has 14 heavy (non-hydrogen) atoms. The van der Waals surface area contributed by atoms with Gasteiger partial charge in [-0.1, -0.05) is 17.7 Å². The van der Waals surface area contributed by atoms with Crippen LogP contribution in [-0.4, -0.2) is 11.5 Å². The average molecular weight is 186 g/mol. The average Bonchev–Trinajstić information content (AvgIpc) is 2.19. The first-order valence-electron chi connectivity index (χ1n) is 4.90. The van der Waals surface area contributed by atoms with Gasteiger partial charge in [0, 0.05) is 18.1 Å². The fourth-order valence-corrected chi connectivity index (χ4v) is 1.59. The second-order valence-electron chi connectivity index (χ2n) is 3.41. The summed E-state index contributed by atoms with van der Waals surface area (Å²) in [5.74, 6) is 0.980. The van der Waals surface area contributed by atoms with Crippen LogP contribution in [0, 0.1) is 6.92 Å². The minimum atomic E-state index is 0.903. The molecule has 0 aliphatic carbocycles. The molecular formula is C12H14N2. The first-order chi connectivity index (χ1) is 6.81. The number of pyridine rings is 1. The summed E-state index contributed by atoms with van der Waals surface area (Å²) in [6.07, 6.45) is 1.84. The van der Waals surface area contributed by atoms with Crippen LogP contribution in [0.4, 0.5) is 5.82 Å². The molecule has 1 N–H and O–H groups in total. The van der Waals surface area contributed by atoms with Crippen molar-refractivity contribution in [2.24, 2.45) is 0 Å². The molecule has 0 saturated heterocycles. The van der Waals surface area contributed by atoms with Crippen molar-refractivity contribution in [3.8, 4) is 0 Å². The molecule has 0 radical (unpaired) electrons. The largest absolute Gasteiger partial charge is 0.370 e. The van der Waals surface area contributed by atoms with E-state index in [0.717, 1.165) is 12.4 Å². The van der Waals surface area contributed by atoms with Gasteiger partial charge in [-0.05, 0) is 31.4 Å². The van der Waals surface area contributed by atoms with E-state index in [1.165, 1.54) is 16.3 Å². The van der Waals surface area contributed by atoms with Gasteiger partial charge in [0.2, 0.25) is 0 Å². The first-order valence-corrected chi connectivity index (χ1v) is 4.90. The molecule has 1 aromatic carbocycles. The molecule has 2 aromatic rings. The Balaban J connectivity index is 2.64. The number of anilines is 1. The Hall–Kier alpha value is -1.57. The predicted octanol–water partition coefficient (Wildman–Crippen LogP) is 2.98. The lowest BCUT2D eigenvalue weighted by atomic mass is 10.1. The number of rotatable bonds is 2. The third-order valence-corrected chi connectivity index (χ3v) is 2.27. The molecule has 0 aliphatic heterocycles. The zero-order valence-electron chi connectivity index (χ0n) is 8.54. The molecule has 0 saturated carbocycles. The molecule has 2 nitrogen and oxygen atoms in total. The van der Waals surface area contributed by atoms with Crippen molar-refractivity contribution in [3.05, 3.63) is 36.0 Å². The Morgan fingerprint density at radius 3 is 2.93 bits per heavy atom. The summed E-state index contributed by atoms with van der Waals surface area (Å²) in [4.78, 5) is 4.33. The lowest BCUT2D eigenvalue weighted by Gasteiger charge is -2.06. The van der Waals surface area contributed by atoms with Gasteiger partial charge in [-0.25, -0.2) is 4.98 Å². The Labute approximate surface area is 84.0 Å². The summed E-state index contributed by atoms with van der Waals surface area (Å²) in [5, 5.41) is 5.71. The zero-order chi connectivity index (χ0) is 9.97. The zero-order valence-corrected chi connectivity index (χ0v) is 8.54. The normalized spacial score (nSPS) is 10.4. The Morgan fingerprint density at radius 1 is 1.29 bits per heavy atom. The summed E-state index contributed by atoms with van der Waals surface area (Å²) in [5.41, 5.74) is 1.27. The number of hydrogen-bond acceptors (Lipinski definition) is 2. The second kappa shape index (κ2) is 3.66. The summed E-state index contributed by atoms with van der Waals surface area (Å²) in [7, 11) is 0. The lowest BCUT2D eigenvalue weighted by Crippen LogP contribution is -1.99. The Kier molecular flexibility index (Phi) is 2.35. The molecule has 0 bridgehead atoms. The maximum atomic E-state index is 4.33. The fraction of sp³-hybridized carbons (Fsp3) is 0.250.